The fourth-order valence-corrected chi connectivity index (χ4v) is 6.14. The molecular formula is C9H13F3O3SSe. The van der Waals surface area contributed by atoms with Crippen LogP contribution in [0.15, 0.2) is 0 Å². The van der Waals surface area contributed by atoms with Crippen LogP contribution in [0.2, 0.25) is 10.1 Å². The van der Waals surface area contributed by atoms with Crippen LogP contribution >= 0.6 is 0 Å². The summed E-state index contributed by atoms with van der Waals surface area (Å²) < 4.78 is 57.6. The molecular weight excluding hydrogens is 324 g/mol. The van der Waals surface area contributed by atoms with Gasteiger partial charge in [0.05, 0.1) is 0 Å². The SMILES string of the molecule is O=C1CCCC([Se]CCS(=O)(=O)C(F)(F)F)C1. The number of carbonyl (C=O) groups excluding carboxylic acids is 1. The second-order valence-corrected chi connectivity index (χ2v) is 8.95. The molecule has 1 aliphatic rings. The fourth-order valence-electron chi connectivity index (χ4n) is 1.57. The number of hydrogen-bond acceptors (Lipinski definition) is 3. The van der Waals surface area contributed by atoms with E-state index in [2.05, 4.69) is 0 Å². The standard InChI is InChI=1S/C9H13F3O3SSe/c10-9(11,12)16(14,15)4-5-17-8-3-1-2-7(13)6-8/h8H,1-6H2. The monoisotopic (exact) mass is 338 g/mol. The van der Waals surface area contributed by atoms with Gasteiger partial charge in [0.1, 0.15) is 0 Å². The van der Waals surface area contributed by atoms with Gasteiger partial charge in [0.25, 0.3) is 0 Å². The van der Waals surface area contributed by atoms with E-state index in [0.717, 1.165) is 12.8 Å². The molecule has 1 atom stereocenters. The molecule has 1 saturated carbocycles. The zero-order valence-corrected chi connectivity index (χ0v) is 11.5. The van der Waals surface area contributed by atoms with Gasteiger partial charge in [-0.25, -0.2) is 0 Å². The molecule has 0 heterocycles. The Balaban J connectivity index is 2.35. The molecule has 0 aliphatic heterocycles. The van der Waals surface area contributed by atoms with Gasteiger partial charge in [-0.05, 0) is 0 Å². The quantitative estimate of drug-likeness (QED) is 0.737. The summed E-state index contributed by atoms with van der Waals surface area (Å²) >= 11 is -0.200. The number of rotatable bonds is 4. The number of halogens is 3. The molecule has 3 nitrogen and oxygen atoms in total. The number of sulfone groups is 1. The number of ketones is 1. The molecule has 17 heavy (non-hydrogen) atoms. The normalized spacial score (nSPS) is 22.8. The van der Waals surface area contributed by atoms with E-state index in [9.17, 15) is 26.4 Å². The van der Waals surface area contributed by atoms with Crippen molar-refractivity contribution in [1.82, 2.24) is 0 Å². The number of alkyl halides is 3. The van der Waals surface area contributed by atoms with Crippen molar-refractivity contribution in [3.63, 3.8) is 0 Å². The summed E-state index contributed by atoms with van der Waals surface area (Å²) in [5, 5.41) is 0.0345. The van der Waals surface area contributed by atoms with Gasteiger partial charge in [-0.1, -0.05) is 0 Å². The van der Waals surface area contributed by atoms with Gasteiger partial charge < -0.3 is 0 Å². The second kappa shape index (κ2) is 5.71. The van der Waals surface area contributed by atoms with Crippen LogP contribution < -0.4 is 0 Å². The Kier molecular flexibility index (Phi) is 5.04. The van der Waals surface area contributed by atoms with Crippen molar-refractivity contribution in [2.24, 2.45) is 0 Å². The van der Waals surface area contributed by atoms with Crippen LogP contribution in [-0.4, -0.2) is 40.4 Å². The van der Waals surface area contributed by atoms with E-state index in [1.54, 1.807) is 0 Å². The molecule has 0 saturated heterocycles. The Morgan fingerprint density at radius 2 is 2.00 bits per heavy atom. The molecule has 0 aromatic heterocycles. The molecule has 1 fully saturated rings. The molecule has 0 spiro atoms. The van der Waals surface area contributed by atoms with Gasteiger partial charge in [0.2, 0.25) is 0 Å². The topological polar surface area (TPSA) is 51.2 Å². The molecule has 1 aliphatic carbocycles. The summed E-state index contributed by atoms with van der Waals surface area (Å²) in [4.78, 5) is 11.2. The van der Waals surface area contributed by atoms with Crippen LogP contribution in [0, 0.1) is 0 Å². The molecule has 0 radical (unpaired) electrons. The van der Waals surface area contributed by atoms with Crippen molar-refractivity contribution in [2.75, 3.05) is 5.75 Å². The number of carbonyl (C=O) groups is 1. The zero-order valence-electron chi connectivity index (χ0n) is 9.00. The number of hydrogen-bond donors (Lipinski definition) is 0. The first-order valence-corrected chi connectivity index (χ1v) is 9.00. The minimum absolute atomic E-state index is 0.0345. The van der Waals surface area contributed by atoms with Crippen molar-refractivity contribution in [2.45, 2.75) is 41.3 Å². The average Bonchev–Trinajstić information content (AvgIpc) is 2.15. The van der Waals surface area contributed by atoms with Gasteiger partial charge in [0, 0.05) is 0 Å². The Hall–Kier alpha value is -0.0705. The summed E-state index contributed by atoms with van der Waals surface area (Å²) in [6.45, 7) is 0. The van der Waals surface area contributed by atoms with Crippen molar-refractivity contribution in [3.8, 4) is 0 Å². The number of Topliss-reactive ketones (excluding diaryl/α,β-unsaturated/α-hetero) is 1. The Morgan fingerprint density at radius 1 is 1.35 bits per heavy atom. The first-order chi connectivity index (χ1) is 7.72. The minimum atomic E-state index is -5.15. The van der Waals surface area contributed by atoms with E-state index in [1.165, 1.54) is 0 Å². The summed E-state index contributed by atoms with van der Waals surface area (Å²) in [5.41, 5.74) is -5.15. The average molecular weight is 337 g/mol. The molecule has 0 bridgehead atoms. The fraction of sp³-hybridized carbons (Fsp3) is 0.889. The van der Waals surface area contributed by atoms with Crippen molar-refractivity contribution in [3.05, 3.63) is 0 Å². The van der Waals surface area contributed by atoms with Crippen LogP contribution in [-0.2, 0) is 14.6 Å². The predicted molar refractivity (Wildman–Crippen MR) is 57.6 cm³/mol. The third-order valence-electron chi connectivity index (χ3n) is 2.50. The van der Waals surface area contributed by atoms with Gasteiger partial charge in [0.15, 0.2) is 0 Å². The van der Waals surface area contributed by atoms with Crippen LogP contribution in [0.1, 0.15) is 25.7 Å². The molecule has 100 valence electrons. The van der Waals surface area contributed by atoms with Crippen molar-refractivity contribution < 1.29 is 26.4 Å². The van der Waals surface area contributed by atoms with Crippen molar-refractivity contribution in [1.29, 1.82) is 0 Å². The first kappa shape index (κ1) is 15.0. The zero-order chi connectivity index (χ0) is 13.1. The van der Waals surface area contributed by atoms with Gasteiger partial charge >= 0.3 is 104 Å². The van der Waals surface area contributed by atoms with Crippen LogP contribution in [0.5, 0.6) is 0 Å². The van der Waals surface area contributed by atoms with Gasteiger partial charge in [-0.3, -0.25) is 0 Å². The van der Waals surface area contributed by atoms with E-state index < -0.39 is 21.1 Å². The molecule has 1 unspecified atom stereocenters. The van der Waals surface area contributed by atoms with Crippen LogP contribution in [0.3, 0.4) is 0 Å². The van der Waals surface area contributed by atoms with E-state index in [0.29, 0.717) is 12.8 Å². The molecule has 8 heteroatoms. The maximum atomic E-state index is 12.0. The van der Waals surface area contributed by atoms with Crippen LogP contribution in [0.4, 0.5) is 13.2 Å². The maximum absolute atomic E-state index is 12.0. The van der Waals surface area contributed by atoms with Gasteiger partial charge in [-0.15, -0.1) is 0 Å². The molecule has 0 N–H and O–H groups in total. The third kappa shape index (κ3) is 4.60. The third-order valence-corrected chi connectivity index (χ3v) is 7.28. The molecule has 0 aromatic rings. The van der Waals surface area contributed by atoms with Gasteiger partial charge in [-0.2, -0.15) is 0 Å². The Bertz CT molecular complexity index is 377. The summed E-state index contributed by atoms with van der Waals surface area (Å²) in [5.74, 6) is -0.705. The predicted octanol–water partition coefficient (Wildman–Crippen LogP) is 1.98. The molecule has 0 amide bonds. The van der Waals surface area contributed by atoms with Crippen molar-refractivity contribution >= 4 is 30.6 Å². The molecule has 0 aromatic carbocycles. The summed E-state index contributed by atoms with van der Waals surface area (Å²) in [7, 11) is -4.98. The first-order valence-electron chi connectivity index (χ1n) is 5.15. The Labute approximate surface area is 104 Å². The van der Waals surface area contributed by atoms with E-state index in [1.807, 2.05) is 0 Å². The van der Waals surface area contributed by atoms with Crippen LogP contribution in [0.25, 0.3) is 0 Å². The second-order valence-electron chi connectivity index (χ2n) is 3.89. The van der Waals surface area contributed by atoms with E-state index in [-0.39, 0.29) is 30.9 Å². The Morgan fingerprint density at radius 3 is 2.53 bits per heavy atom. The summed E-state index contributed by atoms with van der Waals surface area (Å²) in [6.07, 6.45) is 2.56. The molecule has 1 rings (SSSR count). The van der Waals surface area contributed by atoms with E-state index in [4.69, 9.17) is 0 Å². The van der Waals surface area contributed by atoms with E-state index >= 15 is 0 Å². The summed E-state index contributed by atoms with van der Waals surface area (Å²) in [6, 6.07) is 0.